The van der Waals surface area contributed by atoms with Crippen molar-refractivity contribution < 1.29 is 4.79 Å². The topological polar surface area (TPSA) is 17.1 Å². The van der Waals surface area contributed by atoms with E-state index in [1.165, 1.54) is 24.8 Å². The Labute approximate surface area is 96.9 Å². The van der Waals surface area contributed by atoms with Gasteiger partial charge in [0.25, 0.3) is 0 Å². The number of hydrogen-bond acceptors (Lipinski definition) is 1. The van der Waals surface area contributed by atoms with Crippen LogP contribution in [0.25, 0.3) is 0 Å². The zero-order valence-corrected chi connectivity index (χ0v) is 9.83. The number of carbonyl (C=O) groups excluding carboxylic acids is 1. The largest absolute Gasteiger partial charge is 0.294 e. The second-order valence-corrected chi connectivity index (χ2v) is 5.64. The van der Waals surface area contributed by atoms with E-state index >= 15 is 0 Å². The Hall–Kier alpha value is -1.11. The van der Waals surface area contributed by atoms with Gasteiger partial charge in [-0.1, -0.05) is 37.6 Å². The van der Waals surface area contributed by atoms with E-state index in [2.05, 4.69) is 19.1 Å². The highest BCUT2D eigenvalue weighted by Crippen LogP contribution is 2.47. The molecule has 2 aliphatic rings. The molecule has 1 aromatic carbocycles. The molecule has 0 aliphatic heterocycles. The Balaban J connectivity index is 1.79. The van der Waals surface area contributed by atoms with Gasteiger partial charge in [0.05, 0.1) is 0 Å². The number of benzene rings is 1. The van der Waals surface area contributed by atoms with Crippen LogP contribution in [0, 0.1) is 5.41 Å². The molecule has 84 valence electrons. The average molecular weight is 214 g/mol. The number of Topliss-reactive ketones (excluding diaryl/α,β-unsaturated/α-hetero) is 1. The molecule has 0 aromatic heterocycles. The van der Waals surface area contributed by atoms with Crippen molar-refractivity contribution in [1.29, 1.82) is 0 Å². The van der Waals surface area contributed by atoms with Gasteiger partial charge < -0.3 is 0 Å². The highest BCUT2D eigenvalue weighted by atomic mass is 16.1. The van der Waals surface area contributed by atoms with Crippen molar-refractivity contribution in [2.24, 2.45) is 5.41 Å². The van der Waals surface area contributed by atoms with Crippen LogP contribution in [0.1, 0.15) is 60.9 Å². The molecule has 16 heavy (non-hydrogen) atoms. The Morgan fingerprint density at radius 1 is 1.19 bits per heavy atom. The van der Waals surface area contributed by atoms with E-state index in [0.29, 0.717) is 5.78 Å². The fourth-order valence-corrected chi connectivity index (χ4v) is 2.41. The van der Waals surface area contributed by atoms with Crippen LogP contribution < -0.4 is 0 Å². The zero-order valence-electron chi connectivity index (χ0n) is 9.83. The van der Waals surface area contributed by atoms with Gasteiger partial charge in [-0.3, -0.25) is 4.79 Å². The van der Waals surface area contributed by atoms with Crippen LogP contribution in [0.5, 0.6) is 0 Å². The summed E-state index contributed by atoms with van der Waals surface area (Å²) in [6.07, 6.45) is 6.14. The fraction of sp³-hybridized carbons (Fsp3) is 0.533. The van der Waals surface area contributed by atoms with Gasteiger partial charge in [-0.05, 0) is 37.2 Å². The third-order valence-corrected chi connectivity index (χ3v) is 4.30. The summed E-state index contributed by atoms with van der Waals surface area (Å²) in [5.74, 6) is 1.10. The fourth-order valence-electron chi connectivity index (χ4n) is 2.41. The number of hydrogen-bond donors (Lipinski definition) is 0. The summed E-state index contributed by atoms with van der Waals surface area (Å²) in [7, 11) is 0. The minimum Gasteiger partial charge on any atom is -0.294 e. The lowest BCUT2D eigenvalue weighted by Gasteiger charge is -2.25. The Bertz CT molecular complexity index is 408. The molecule has 0 radical (unpaired) electrons. The lowest BCUT2D eigenvalue weighted by molar-refractivity contribution is 0.0912. The molecule has 1 nitrogen and oxygen atoms in total. The van der Waals surface area contributed by atoms with Crippen LogP contribution in [0.2, 0.25) is 0 Å². The molecule has 2 saturated carbocycles. The van der Waals surface area contributed by atoms with E-state index in [9.17, 15) is 4.79 Å². The van der Waals surface area contributed by atoms with Gasteiger partial charge >= 0.3 is 0 Å². The van der Waals surface area contributed by atoms with E-state index in [4.69, 9.17) is 0 Å². The maximum Gasteiger partial charge on any atom is 0.168 e. The molecular formula is C15H18O. The first kappa shape index (κ1) is 10.1. The van der Waals surface area contributed by atoms with Crippen molar-refractivity contribution in [3.63, 3.8) is 0 Å². The molecular weight excluding hydrogens is 196 g/mol. The second kappa shape index (κ2) is 3.44. The molecule has 1 heteroatoms. The lowest BCUT2D eigenvalue weighted by atomic mass is 9.79. The van der Waals surface area contributed by atoms with Crippen LogP contribution in [-0.2, 0) is 0 Å². The maximum atomic E-state index is 12.1. The summed E-state index contributed by atoms with van der Waals surface area (Å²) >= 11 is 0. The highest BCUT2D eigenvalue weighted by Gasteiger charge is 2.44. The molecule has 0 heterocycles. The summed E-state index contributed by atoms with van der Waals surface area (Å²) in [5, 5.41) is 0. The molecule has 1 aromatic rings. The third kappa shape index (κ3) is 1.59. The number of carbonyl (C=O) groups is 1. The van der Waals surface area contributed by atoms with Gasteiger partial charge in [0.15, 0.2) is 5.78 Å². The number of rotatable bonds is 3. The smallest absolute Gasteiger partial charge is 0.168 e. The van der Waals surface area contributed by atoms with Gasteiger partial charge in [0.2, 0.25) is 0 Å². The van der Waals surface area contributed by atoms with E-state index in [1.54, 1.807) is 0 Å². The standard InChI is InChI=1S/C15H18O/c1-15(9-10-15)14(16)13-7-5-12(6-8-13)11-3-2-4-11/h5-8,11H,2-4,9-10H2,1H3. The van der Waals surface area contributed by atoms with E-state index in [0.717, 1.165) is 24.3 Å². The Morgan fingerprint density at radius 3 is 2.25 bits per heavy atom. The first-order valence-electron chi connectivity index (χ1n) is 6.34. The van der Waals surface area contributed by atoms with E-state index in [1.807, 2.05) is 12.1 Å². The van der Waals surface area contributed by atoms with Crippen molar-refractivity contribution in [2.45, 2.75) is 44.9 Å². The second-order valence-electron chi connectivity index (χ2n) is 5.64. The third-order valence-electron chi connectivity index (χ3n) is 4.30. The van der Waals surface area contributed by atoms with Crippen molar-refractivity contribution in [1.82, 2.24) is 0 Å². The van der Waals surface area contributed by atoms with Crippen LogP contribution >= 0.6 is 0 Å². The van der Waals surface area contributed by atoms with Gasteiger partial charge in [-0.15, -0.1) is 0 Å². The van der Waals surface area contributed by atoms with E-state index in [-0.39, 0.29) is 5.41 Å². The molecule has 2 fully saturated rings. The van der Waals surface area contributed by atoms with Crippen LogP contribution in [-0.4, -0.2) is 5.78 Å². The van der Waals surface area contributed by atoms with Crippen molar-refractivity contribution in [2.75, 3.05) is 0 Å². The monoisotopic (exact) mass is 214 g/mol. The van der Waals surface area contributed by atoms with Gasteiger partial charge in [0, 0.05) is 11.0 Å². The highest BCUT2D eigenvalue weighted by molar-refractivity contribution is 6.01. The zero-order chi connectivity index (χ0) is 11.2. The van der Waals surface area contributed by atoms with E-state index < -0.39 is 0 Å². The molecule has 0 saturated heterocycles. The van der Waals surface area contributed by atoms with Crippen LogP contribution in [0.15, 0.2) is 24.3 Å². The quantitative estimate of drug-likeness (QED) is 0.696. The molecule has 0 amide bonds. The molecule has 0 bridgehead atoms. The molecule has 0 unspecified atom stereocenters. The molecule has 0 spiro atoms. The first-order chi connectivity index (χ1) is 7.69. The summed E-state index contributed by atoms with van der Waals surface area (Å²) < 4.78 is 0. The molecule has 0 N–H and O–H groups in total. The average Bonchev–Trinajstić information content (AvgIpc) is 2.96. The molecule has 3 rings (SSSR count). The summed E-state index contributed by atoms with van der Waals surface area (Å²) in [6.45, 7) is 2.08. The van der Waals surface area contributed by atoms with Crippen molar-refractivity contribution in [3.8, 4) is 0 Å². The Morgan fingerprint density at radius 2 is 1.81 bits per heavy atom. The van der Waals surface area contributed by atoms with Gasteiger partial charge in [0.1, 0.15) is 0 Å². The minimum absolute atomic E-state index is 0.0298. The SMILES string of the molecule is CC1(C(=O)c2ccc(C3CCC3)cc2)CC1. The maximum absolute atomic E-state index is 12.1. The van der Waals surface area contributed by atoms with Gasteiger partial charge in [-0.2, -0.15) is 0 Å². The normalized spacial score (nSPS) is 22.6. The molecule has 2 aliphatic carbocycles. The number of ketones is 1. The minimum atomic E-state index is -0.0298. The van der Waals surface area contributed by atoms with Gasteiger partial charge in [-0.25, -0.2) is 0 Å². The predicted octanol–water partition coefficient (Wildman–Crippen LogP) is 3.94. The predicted molar refractivity (Wildman–Crippen MR) is 64.7 cm³/mol. The summed E-state index contributed by atoms with van der Waals surface area (Å²) in [4.78, 5) is 12.1. The van der Waals surface area contributed by atoms with Crippen LogP contribution in [0.3, 0.4) is 0 Å². The molecule has 0 atom stereocenters. The van der Waals surface area contributed by atoms with Crippen molar-refractivity contribution in [3.05, 3.63) is 35.4 Å². The van der Waals surface area contributed by atoms with Crippen LogP contribution in [0.4, 0.5) is 0 Å². The lowest BCUT2D eigenvalue weighted by Crippen LogP contribution is -2.13. The Kier molecular flexibility index (Phi) is 2.17. The summed E-state index contributed by atoms with van der Waals surface area (Å²) in [6, 6.07) is 8.37. The first-order valence-corrected chi connectivity index (χ1v) is 6.34. The summed E-state index contributed by atoms with van der Waals surface area (Å²) in [5.41, 5.74) is 2.30. The van der Waals surface area contributed by atoms with Crippen molar-refractivity contribution >= 4 is 5.78 Å².